The number of benzene rings is 2. The van der Waals surface area contributed by atoms with E-state index in [2.05, 4.69) is 5.32 Å². The molecule has 2 aromatic rings. The number of carbonyl (C=O) groups is 2. The summed E-state index contributed by atoms with van der Waals surface area (Å²) < 4.78 is 61.4. The van der Waals surface area contributed by atoms with Crippen LogP contribution < -0.4 is 10.6 Å². The summed E-state index contributed by atoms with van der Waals surface area (Å²) in [6, 6.07) is 11.4. The van der Waals surface area contributed by atoms with Crippen LogP contribution in [-0.2, 0) is 21.2 Å². The summed E-state index contributed by atoms with van der Waals surface area (Å²) >= 11 is 0. The third-order valence-electron chi connectivity index (χ3n) is 3.96. The molecule has 30 heavy (non-hydrogen) atoms. The summed E-state index contributed by atoms with van der Waals surface area (Å²) in [6.07, 6.45) is -4.70. The van der Waals surface area contributed by atoms with Gasteiger partial charge in [0, 0.05) is 25.3 Å². The molecule has 0 saturated carbocycles. The molecule has 11 heteroatoms. The maximum Gasteiger partial charge on any atom is 0.405 e. The van der Waals surface area contributed by atoms with E-state index in [1.165, 1.54) is 62.6 Å². The molecule has 0 aliphatic carbocycles. The summed E-state index contributed by atoms with van der Waals surface area (Å²) in [5.41, 5.74) is 1.12. The van der Waals surface area contributed by atoms with Crippen molar-refractivity contribution in [3.05, 3.63) is 59.7 Å². The highest BCUT2D eigenvalue weighted by Gasteiger charge is 2.27. The topological polar surface area (TPSA) is 95.6 Å². The van der Waals surface area contributed by atoms with E-state index in [1.807, 2.05) is 0 Å². The first-order valence-electron chi connectivity index (χ1n) is 8.65. The molecule has 0 aliphatic rings. The molecule has 0 unspecified atom stereocenters. The molecule has 0 aromatic heterocycles. The van der Waals surface area contributed by atoms with Gasteiger partial charge in [-0.2, -0.15) is 13.2 Å². The van der Waals surface area contributed by atoms with Crippen LogP contribution in [0, 0.1) is 0 Å². The third kappa shape index (κ3) is 6.56. The highest BCUT2D eigenvalue weighted by Crippen LogP contribution is 2.16. The molecule has 2 rings (SSSR count). The Bertz CT molecular complexity index is 1000. The Morgan fingerprint density at radius 3 is 2.03 bits per heavy atom. The summed E-state index contributed by atoms with van der Waals surface area (Å²) in [5, 5.41) is 4.40. The Labute approximate surface area is 171 Å². The van der Waals surface area contributed by atoms with Crippen LogP contribution in [0.5, 0.6) is 0 Å². The van der Waals surface area contributed by atoms with Crippen molar-refractivity contribution >= 4 is 27.5 Å². The number of hydrogen-bond acceptors (Lipinski definition) is 4. The van der Waals surface area contributed by atoms with E-state index in [4.69, 9.17) is 0 Å². The molecule has 0 aliphatic heterocycles. The Morgan fingerprint density at radius 2 is 1.53 bits per heavy atom. The molecule has 0 bridgehead atoms. The van der Waals surface area contributed by atoms with Gasteiger partial charge in [-0.1, -0.05) is 12.1 Å². The van der Waals surface area contributed by atoms with Crippen molar-refractivity contribution in [3.8, 4) is 0 Å². The van der Waals surface area contributed by atoms with E-state index < -0.39 is 34.6 Å². The average Bonchev–Trinajstić information content (AvgIpc) is 2.67. The Hall–Kier alpha value is -2.92. The van der Waals surface area contributed by atoms with Crippen molar-refractivity contribution in [1.82, 2.24) is 9.62 Å². The van der Waals surface area contributed by atoms with Crippen LogP contribution in [-0.4, -0.2) is 51.4 Å². The van der Waals surface area contributed by atoms with Crippen molar-refractivity contribution in [3.63, 3.8) is 0 Å². The van der Waals surface area contributed by atoms with Gasteiger partial charge in [0.05, 0.1) is 11.3 Å². The first-order chi connectivity index (χ1) is 13.9. The lowest BCUT2D eigenvalue weighted by Gasteiger charge is -2.12. The lowest BCUT2D eigenvalue weighted by atomic mass is 10.1. The molecule has 162 valence electrons. The second kappa shape index (κ2) is 9.26. The van der Waals surface area contributed by atoms with Gasteiger partial charge in [0.15, 0.2) is 0 Å². The Morgan fingerprint density at radius 1 is 0.967 bits per heavy atom. The molecule has 0 spiro atoms. The average molecular weight is 443 g/mol. The standard InChI is InChI=1S/C19H20F3N3O4S/c1-25(2)30(28,29)16-9-5-14(6-10-16)18(27)24-15-7-3-13(4-8-15)11-17(26)23-12-19(20,21)22/h3-10H,11-12H2,1-2H3,(H,23,26)(H,24,27). The Kier molecular flexibility index (Phi) is 7.21. The van der Waals surface area contributed by atoms with Crippen LogP contribution in [0.25, 0.3) is 0 Å². The lowest BCUT2D eigenvalue weighted by molar-refractivity contribution is -0.138. The number of rotatable bonds is 7. The van der Waals surface area contributed by atoms with Crippen LogP contribution in [0.2, 0.25) is 0 Å². The van der Waals surface area contributed by atoms with Crippen molar-refractivity contribution < 1.29 is 31.2 Å². The van der Waals surface area contributed by atoms with Crippen LogP contribution in [0.4, 0.5) is 18.9 Å². The minimum absolute atomic E-state index is 0.0530. The molecular formula is C19H20F3N3O4S. The van der Waals surface area contributed by atoms with Gasteiger partial charge in [-0.15, -0.1) is 0 Å². The van der Waals surface area contributed by atoms with Crippen LogP contribution >= 0.6 is 0 Å². The van der Waals surface area contributed by atoms with Gasteiger partial charge >= 0.3 is 6.18 Å². The summed E-state index contributed by atoms with van der Waals surface area (Å²) in [4.78, 5) is 23.9. The van der Waals surface area contributed by atoms with Crippen molar-refractivity contribution in [1.29, 1.82) is 0 Å². The Balaban J connectivity index is 1.97. The van der Waals surface area contributed by atoms with E-state index in [-0.39, 0.29) is 16.9 Å². The van der Waals surface area contributed by atoms with E-state index in [0.29, 0.717) is 11.3 Å². The van der Waals surface area contributed by atoms with Crippen molar-refractivity contribution in [2.45, 2.75) is 17.5 Å². The van der Waals surface area contributed by atoms with Crippen molar-refractivity contribution in [2.75, 3.05) is 26.0 Å². The van der Waals surface area contributed by atoms with E-state index in [9.17, 15) is 31.2 Å². The quantitative estimate of drug-likeness (QED) is 0.687. The molecule has 2 amide bonds. The zero-order valence-electron chi connectivity index (χ0n) is 16.2. The highest BCUT2D eigenvalue weighted by molar-refractivity contribution is 7.89. The number of nitrogens with one attached hydrogen (secondary N) is 2. The van der Waals surface area contributed by atoms with Gasteiger partial charge in [-0.25, -0.2) is 12.7 Å². The van der Waals surface area contributed by atoms with Gasteiger partial charge in [0.25, 0.3) is 5.91 Å². The van der Waals surface area contributed by atoms with Crippen LogP contribution in [0.3, 0.4) is 0 Å². The summed E-state index contributed by atoms with van der Waals surface area (Å²) in [5.74, 6) is -1.24. The zero-order chi connectivity index (χ0) is 22.5. The van der Waals surface area contributed by atoms with Crippen LogP contribution in [0.15, 0.2) is 53.4 Å². The molecule has 0 heterocycles. The lowest BCUT2D eigenvalue weighted by Crippen LogP contribution is -2.34. The summed E-state index contributed by atoms with van der Waals surface area (Å²) in [7, 11) is -0.794. The molecule has 0 atom stereocenters. The second-order valence-corrected chi connectivity index (χ2v) is 8.68. The third-order valence-corrected chi connectivity index (χ3v) is 5.79. The maximum atomic E-state index is 12.3. The number of sulfonamides is 1. The largest absolute Gasteiger partial charge is 0.405 e. The molecule has 0 radical (unpaired) electrons. The highest BCUT2D eigenvalue weighted by atomic mass is 32.2. The number of alkyl halides is 3. The minimum Gasteiger partial charge on any atom is -0.347 e. The first-order valence-corrected chi connectivity index (χ1v) is 10.1. The van der Waals surface area contributed by atoms with Crippen LogP contribution in [0.1, 0.15) is 15.9 Å². The van der Waals surface area contributed by atoms with E-state index in [0.717, 1.165) is 4.31 Å². The van der Waals surface area contributed by atoms with E-state index in [1.54, 1.807) is 5.32 Å². The minimum atomic E-state index is -4.47. The SMILES string of the molecule is CN(C)S(=O)(=O)c1ccc(C(=O)Nc2ccc(CC(=O)NCC(F)(F)F)cc2)cc1. The number of amides is 2. The van der Waals surface area contributed by atoms with Gasteiger partial charge in [-0.3, -0.25) is 9.59 Å². The number of nitrogens with zero attached hydrogens (tertiary/aromatic N) is 1. The van der Waals surface area contributed by atoms with Gasteiger partial charge in [0.1, 0.15) is 6.54 Å². The normalized spacial score (nSPS) is 11.9. The molecule has 2 aromatic carbocycles. The fourth-order valence-electron chi connectivity index (χ4n) is 2.34. The predicted octanol–water partition coefficient (Wildman–Crippen LogP) is 2.41. The molecule has 7 nitrogen and oxygen atoms in total. The summed E-state index contributed by atoms with van der Waals surface area (Å²) in [6.45, 7) is -1.39. The molecule has 0 fully saturated rings. The molecular weight excluding hydrogens is 423 g/mol. The van der Waals surface area contributed by atoms with Crippen molar-refractivity contribution in [2.24, 2.45) is 0 Å². The fourth-order valence-corrected chi connectivity index (χ4v) is 3.25. The zero-order valence-corrected chi connectivity index (χ0v) is 17.0. The smallest absolute Gasteiger partial charge is 0.347 e. The number of carbonyl (C=O) groups excluding carboxylic acids is 2. The molecule has 0 saturated heterocycles. The first kappa shape index (κ1) is 23.4. The number of halogens is 3. The predicted molar refractivity (Wildman–Crippen MR) is 104 cm³/mol. The number of anilines is 1. The van der Waals surface area contributed by atoms with Gasteiger partial charge in [-0.05, 0) is 42.0 Å². The second-order valence-electron chi connectivity index (χ2n) is 6.53. The number of hydrogen-bond donors (Lipinski definition) is 2. The molecule has 2 N–H and O–H groups in total. The van der Waals surface area contributed by atoms with Gasteiger partial charge < -0.3 is 10.6 Å². The monoisotopic (exact) mass is 443 g/mol. The van der Waals surface area contributed by atoms with Gasteiger partial charge in [0.2, 0.25) is 15.9 Å². The maximum absolute atomic E-state index is 12.3. The fraction of sp³-hybridized carbons (Fsp3) is 0.263. The van der Waals surface area contributed by atoms with E-state index >= 15 is 0 Å².